The number of amides is 1. The SMILES string of the molecule is CCOP(=O)(O)Cc1ccc(Nc2ncc(C(F)(F)F)c(Nc3ccc(-c4cnn(CC(C)CO)c4)nc3C(=O)NC)n2)cc1. The molecule has 0 radical (unpaired) electrons. The Hall–Kier alpha value is -4.37. The van der Waals surface area contributed by atoms with Gasteiger partial charge >= 0.3 is 13.8 Å². The molecule has 17 heteroatoms. The lowest BCUT2D eigenvalue weighted by Gasteiger charge is -2.17. The van der Waals surface area contributed by atoms with E-state index in [0.717, 1.165) is 0 Å². The van der Waals surface area contributed by atoms with Gasteiger partial charge in [0.15, 0.2) is 5.69 Å². The number of aliphatic hydroxyl groups excluding tert-OH is 1. The second-order valence-electron chi connectivity index (χ2n) is 10.0. The van der Waals surface area contributed by atoms with Gasteiger partial charge in [-0.05, 0) is 42.7 Å². The molecule has 0 aliphatic heterocycles. The largest absolute Gasteiger partial charge is 0.421 e. The summed E-state index contributed by atoms with van der Waals surface area (Å²) in [6.07, 6.45) is -1.21. The normalized spacial score (nSPS) is 13.6. The van der Waals surface area contributed by atoms with E-state index < -0.39 is 31.1 Å². The summed E-state index contributed by atoms with van der Waals surface area (Å²) in [4.78, 5) is 34.8. The lowest BCUT2D eigenvalue weighted by atomic mass is 10.1. The fraction of sp³-hybridized carbons (Fsp3) is 0.321. The number of rotatable bonds is 13. The van der Waals surface area contributed by atoms with Gasteiger partial charge < -0.3 is 30.5 Å². The number of carbonyl (C=O) groups is 1. The first-order valence-electron chi connectivity index (χ1n) is 13.7. The number of carbonyl (C=O) groups excluding carboxylic acids is 1. The average Bonchev–Trinajstić information content (AvgIpc) is 3.45. The minimum absolute atomic E-state index is 0.0230. The third-order valence-corrected chi connectivity index (χ3v) is 7.77. The molecule has 0 aliphatic carbocycles. The van der Waals surface area contributed by atoms with Gasteiger partial charge in [0.05, 0.1) is 30.3 Å². The summed E-state index contributed by atoms with van der Waals surface area (Å²) in [5, 5.41) is 21.4. The van der Waals surface area contributed by atoms with E-state index in [2.05, 4.69) is 36.0 Å². The van der Waals surface area contributed by atoms with Crippen molar-refractivity contribution < 1.29 is 37.1 Å². The zero-order valence-corrected chi connectivity index (χ0v) is 25.4. The fourth-order valence-electron chi connectivity index (χ4n) is 4.16. The van der Waals surface area contributed by atoms with Gasteiger partial charge in [-0.1, -0.05) is 19.1 Å². The van der Waals surface area contributed by atoms with E-state index in [1.165, 1.54) is 25.4 Å². The molecule has 0 spiro atoms. The van der Waals surface area contributed by atoms with Crippen molar-refractivity contribution in [2.45, 2.75) is 32.7 Å². The van der Waals surface area contributed by atoms with E-state index in [4.69, 9.17) is 4.52 Å². The van der Waals surface area contributed by atoms with Crippen LogP contribution in [-0.2, 0) is 28.0 Å². The van der Waals surface area contributed by atoms with Gasteiger partial charge in [-0.2, -0.15) is 23.3 Å². The Balaban J connectivity index is 1.62. The van der Waals surface area contributed by atoms with Crippen molar-refractivity contribution in [3.8, 4) is 11.3 Å². The number of alkyl halides is 3. The standard InChI is InChI=1S/C28H32F3N8O5P/c1-4-44-45(42,43)16-18-5-7-20(8-6-18)35-27-33-12-21(28(29,30)31)25(38-27)37-23-10-9-22(36-24(23)26(41)32-3)19-11-34-39(14-19)13-17(2)15-40/h5-12,14,17,40H,4,13,15-16H2,1-3H3,(H,32,41)(H,42,43)(H2,33,35,37,38). The molecule has 0 bridgehead atoms. The van der Waals surface area contributed by atoms with Gasteiger partial charge in [-0.25, -0.2) is 9.97 Å². The lowest BCUT2D eigenvalue weighted by molar-refractivity contribution is -0.137. The molecule has 3 aromatic heterocycles. The third kappa shape index (κ3) is 8.85. The first-order chi connectivity index (χ1) is 21.3. The van der Waals surface area contributed by atoms with E-state index in [0.29, 0.717) is 35.2 Å². The summed E-state index contributed by atoms with van der Waals surface area (Å²) in [6.45, 7) is 3.96. The zero-order chi connectivity index (χ0) is 32.8. The molecule has 3 heterocycles. The highest BCUT2D eigenvalue weighted by molar-refractivity contribution is 7.51. The number of aliphatic hydroxyl groups is 1. The molecule has 0 saturated carbocycles. The Kier molecular flexibility index (Phi) is 10.5. The Morgan fingerprint density at radius 1 is 1.11 bits per heavy atom. The predicted molar refractivity (Wildman–Crippen MR) is 160 cm³/mol. The molecule has 240 valence electrons. The van der Waals surface area contributed by atoms with Crippen LogP contribution in [0.1, 0.15) is 35.5 Å². The third-order valence-electron chi connectivity index (χ3n) is 6.35. The van der Waals surface area contributed by atoms with Crippen molar-refractivity contribution in [1.29, 1.82) is 0 Å². The van der Waals surface area contributed by atoms with Crippen LogP contribution in [0.3, 0.4) is 0 Å². The molecule has 13 nitrogen and oxygen atoms in total. The van der Waals surface area contributed by atoms with Crippen molar-refractivity contribution in [3.63, 3.8) is 0 Å². The van der Waals surface area contributed by atoms with Crippen LogP contribution in [0.15, 0.2) is 55.0 Å². The number of benzene rings is 1. The minimum atomic E-state index is -4.83. The van der Waals surface area contributed by atoms with Crippen molar-refractivity contribution in [3.05, 3.63) is 71.8 Å². The number of anilines is 4. The molecule has 5 N–H and O–H groups in total. The van der Waals surface area contributed by atoms with Crippen LogP contribution in [0.25, 0.3) is 11.3 Å². The van der Waals surface area contributed by atoms with Crippen LogP contribution in [0.2, 0.25) is 0 Å². The Morgan fingerprint density at radius 2 is 1.84 bits per heavy atom. The molecule has 0 fully saturated rings. The van der Waals surface area contributed by atoms with E-state index in [1.54, 1.807) is 42.1 Å². The van der Waals surface area contributed by atoms with Crippen molar-refractivity contribution >= 4 is 36.6 Å². The Morgan fingerprint density at radius 3 is 2.49 bits per heavy atom. The minimum Gasteiger partial charge on any atom is -0.396 e. The maximum atomic E-state index is 14.0. The molecular formula is C28H32F3N8O5P. The maximum Gasteiger partial charge on any atom is 0.421 e. The fourth-order valence-corrected chi connectivity index (χ4v) is 5.33. The summed E-state index contributed by atoms with van der Waals surface area (Å²) < 4.78 is 60.4. The molecule has 2 atom stereocenters. The number of aromatic nitrogens is 5. The first-order valence-corrected chi connectivity index (χ1v) is 15.5. The molecule has 0 aliphatic rings. The monoisotopic (exact) mass is 648 g/mol. The van der Waals surface area contributed by atoms with Gasteiger partial charge in [0, 0.05) is 43.8 Å². The van der Waals surface area contributed by atoms with E-state index in [-0.39, 0.29) is 42.6 Å². The van der Waals surface area contributed by atoms with E-state index >= 15 is 0 Å². The molecule has 2 unspecified atom stereocenters. The Bertz CT molecular complexity index is 1680. The predicted octanol–water partition coefficient (Wildman–Crippen LogP) is 4.95. The van der Waals surface area contributed by atoms with E-state index in [9.17, 15) is 32.5 Å². The van der Waals surface area contributed by atoms with Gasteiger partial charge in [0.1, 0.15) is 11.4 Å². The molecule has 1 aromatic carbocycles. The van der Waals surface area contributed by atoms with Gasteiger partial charge in [-0.3, -0.25) is 14.0 Å². The number of hydrogen-bond acceptors (Lipinski definition) is 10. The summed E-state index contributed by atoms with van der Waals surface area (Å²) in [6, 6.07) is 9.16. The van der Waals surface area contributed by atoms with Crippen molar-refractivity contribution in [2.24, 2.45) is 5.92 Å². The maximum absolute atomic E-state index is 14.0. The number of halogens is 3. The summed E-state index contributed by atoms with van der Waals surface area (Å²) in [5.74, 6) is -1.50. The smallest absolute Gasteiger partial charge is 0.396 e. The topological polar surface area (TPSA) is 176 Å². The lowest BCUT2D eigenvalue weighted by Crippen LogP contribution is -2.21. The molecule has 4 aromatic rings. The molecule has 45 heavy (non-hydrogen) atoms. The van der Waals surface area contributed by atoms with Gasteiger partial charge in [-0.15, -0.1) is 0 Å². The number of nitrogens with zero attached hydrogens (tertiary/aromatic N) is 5. The van der Waals surface area contributed by atoms with Crippen LogP contribution < -0.4 is 16.0 Å². The van der Waals surface area contributed by atoms with Gasteiger partial charge in [0.2, 0.25) is 5.95 Å². The zero-order valence-electron chi connectivity index (χ0n) is 24.5. The van der Waals surface area contributed by atoms with Crippen LogP contribution in [0, 0.1) is 5.92 Å². The summed E-state index contributed by atoms with van der Waals surface area (Å²) in [5.41, 5.74) is 0.430. The Labute approximate surface area is 256 Å². The quantitative estimate of drug-likeness (QED) is 0.124. The number of pyridine rings is 1. The highest BCUT2D eigenvalue weighted by Gasteiger charge is 2.36. The van der Waals surface area contributed by atoms with Crippen molar-refractivity contribution in [1.82, 2.24) is 30.0 Å². The van der Waals surface area contributed by atoms with Crippen LogP contribution in [0.4, 0.5) is 36.3 Å². The van der Waals surface area contributed by atoms with E-state index in [1.807, 2.05) is 6.92 Å². The van der Waals surface area contributed by atoms with Gasteiger partial charge in [0.25, 0.3) is 5.91 Å². The van der Waals surface area contributed by atoms with Crippen LogP contribution in [-0.4, -0.2) is 60.9 Å². The summed E-state index contributed by atoms with van der Waals surface area (Å²) in [7, 11) is -2.44. The second-order valence-corrected chi connectivity index (χ2v) is 11.9. The highest BCUT2D eigenvalue weighted by atomic mass is 31.2. The molecule has 1 amide bonds. The van der Waals surface area contributed by atoms with Crippen molar-refractivity contribution in [2.75, 3.05) is 30.9 Å². The second kappa shape index (κ2) is 14.2. The number of nitrogens with one attached hydrogen (secondary N) is 3. The molecule has 0 saturated heterocycles. The average molecular weight is 649 g/mol. The van der Waals surface area contributed by atoms with Crippen LogP contribution in [0.5, 0.6) is 0 Å². The highest BCUT2D eigenvalue weighted by Crippen LogP contribution is 2.45. The molecular weight excluding hydrogens is 616 g/mol. The first kappa shape index (κ1) is 33.5. The number of hydrogen-bond donors (Lipinski definition) is 5. The van der Waals surface area contributed by atoms with Crippen LogP contribution >= 0.6 is 7.60 Å². The molecule has 4 rings (SSSR count). The summed E-state index contributed by atoms with van der Waals surface area (Å²) >= 11 is 0.